The first kappa shape index (κ1) is 19.5. The third-order valence-electron chi connectivity index (χ3n) is 2.69. The minimum absolute atomic E-state index is 0. The van der Waals surface area contributed by atoms with E-state index in [0.29, 0.717) is 6.61 Å². The number of ether oxygens (including phenoxy) is 1. The van der Waals surface area contributed by atoms with Gasteiger partial charge in [0.25, 0.3) is 0 Å². The van der Waals surface area contributed by atoms with Crippen molar-refractivity contribution in [3.63, 3.8) is 0 Å². The van der Waals surface area contributed by atoms with Crippen molar-refractivity contribution in [1.29, 1.82) is 0 Å². The van der Waals surface area contributed by atoms with Crippen molar-refractivity contribution in [2.24, 2.45) is 0 Å². The molecule has 4 nitrogen and oxygen atoms in total. The highest BCUT2D eigenvalue weighted by atomic mass is 16.5. The zero-order valence-electron chi connectivity index (χ0n) is 12.1. The van der Waals surface area contributed by atoms with E-state index < -0.39 is 0 Å². The fourth-order valence-electron chi connectivity index (χ4n) is 1.62. The normalized spacial score (nSPS) is 9.94. The molecule has 0 aromatic heterocycles. The molecule has 0 spiro atoms. The van der Waals surface area contributed by atoms with E-state index in [1.807, 2.05) is 0 Å². The lowest BCUT2D eigenvalue weighted by Gasteiger charge is -2.21. The van der Waals surface area contributed by atoms with E-state index in [9.17, 15) is 4.79 Å². The molecule has 0 fully saturated rings. The van der Waals surface area contributed by atoms with Gasteiger partial charge in [-0.3, -0.25) is 0 Å². The molecule has 0 saturated carbocycles. The van der Waals surface area contributed by atoms with Crippen molar-refractivity contribution >= 4 is 5.97 Å². The van der Waals surface area contributed by atoms with E-state index >= 15 is 0 Å². The van der Waals surface area contributed by atoms with Crippen molar-refractivity contribution in [2.45, 2.75) is 46.0 Å². The van der Waals surface area contributed by atoms with E-state index in [0.717, 1.165) is 26.1 Å². The SMILES string of the molecule is C=CC(=O)OCCCN(CCCC)CCCC.N. The van der Waals surface area contributed by atoms with Crippen LogP contribution in [0, 0.1) is 0 Å². The zero-order valence-corrected chi connectivity index (χ0v) is 12.1. The first-order chi connectivity index (χ1) is 8.24. The Morgan fingerprint density at radius 3 is 2.06 bits per heavy atom. The molecule has 0 aliphatic heterocycles. The number of hydrogen-bond acceptors (Lipinski definition) is 4. The quantitative estimate of drug-likeness (QED) is 0.351. The Morgan fingerprint density at radius 1 is 1.11 bits per heavy atom. The number of esters is 1. The molecule has 0 saturated heterocycles. The standard InChI is InChI=1S/C14H27NO2.H3N/c1-4-7-10-15(11-8-5-2)12-9-13-17-14(16)6-3;/h6H,3-5,7-13H2,1-2H3;1H3. The van der Waals surface area contributed by atoms with Crippen LogP contribution in [0.3, 0.4) is 0 Å². The Balaban J connectivity index is 0. The van der Waals surface area contributed by atoms with Gasteiger partial charge in [0.1, 0.15) is 0 Å². The highest BCUT2D eigenvalue weighted by molar-refractivity contribution is 5.81. The van der Waals surface area contributed by atoms with Gasteiger partial charge in [-0.25, -0.2) is 4.79 Å². The molecule has 0 rings (SSSR count). The van der Waals surface area contributed by atoms with Gasteiger partial charge in [-0.15, -0.1) is 0 Å². The Bertz CT molecular complexity index is 200. The Labute approximate surface area is 112 Å². The van der Waals surface area contributed by atoms with Crippen LogP contribution in [-0.2, 0) is 9.53 Å². The minimum Gasteiger partial charge on any atom is -0.462 e. The molecule has 0 unspecified atom stereocenters. The number of nitrogens with zero attached hydrogens (tertiary/aromatic N) is 1. The van der Waals surface area contributed by atoms with Gasteiger partial charge in [-0.05, 0) is 32.4 Å². The summed E-state index contributed by atoms with van der Waals surface area (Å²) in [7, 11) is 0. The van der Waals surface area contributed by atoms with Crippen molar-refractivity contribution < 1.29 is 9.53 Å². The van der Waals surface area contributed by atoms with Crippen LogP contribution in [0.25, 0.3) is 0 Å². The summed E-state index contributed by atoms with van der Waals surface area (Å²) in [5.41, 5.74) is 0. The first-order valence-corrected chi connectivity index (χ1v) is 6.76. The van der Waals surface area contributed by atoms with Gasteiger partial charge >= 0.3 is 5.97 Å². The van der Waals surface area contributed by atoms with Gasteiger partial charge in [0.05, 0.1) is 6.61 Å². The van der Waals surface area contributed by atoms with E-state index in [-0.39, 0.29) is 12.1 Å². The van der Waals surface area contributed by atoms with Crippen LogP contribution in [-0.4, -0.2) is 37.1 Å². The van der Waals surface area contributed by atoms with E-state index in [4.69, 9.17) is 4.74 Å². The van der Waals surface area contributed by atoms with Gasteiger partial charge in [-0.2, -0.15) is 0 Å². The number of hydrogen-bond donors (Lipinski definition) is 1. The lowest BCUT2D eigenvalue weighted by Crippen LogP contribution is -2.28. The average Bonchev–Trinajstić information content (AvgIpc) is 2.36. The number of carbonyl (C=O) groups excluding carboxylic acids is 1. The van der Waals surface area contributed by atoms with E-state index in [1.165, 1.54) is 31.8 Å². The maximum Gasteiger partial charge on any atom is 0.330 e. The Morgan fingerprint density at radius 2 is 1.61 bits per heavy atom. The molecule has 108 valence electrons. The van der Waals surface area contributed by atoms with Crippen LogP contribution >= 0.6 is 0 Å². The highest BCUT2D eigenvalue weighted by Crippen LogP contribution is 2.00. The zero-order chi connectivity index (χ0) is 12.9. The van der Waals surface area contributed by atoms with Crippen molar-refractivity contribution in [1.82, 2.24) is 11.1 Å². The van der Waals surface area contributed by atoms with Crippen LogP contribution in [0.2, 0.25) is 0 Å². The smallest absolute Gasteiger partial charge is 0.330 e. The van der Waals surface area contributed by atoms with E-state index in [1.54, 1.807) is 0 Å². The lowest BCUT2D eigenvalue weighted by molar-refractivity contribution is -0.137. The fraction of sp³-hybridized carbons (Fsp3) is 0.786. The summed E-state index contributed by atoms with van der Waals surface area (Å²) in [5.74, 6) is -0.321. The molecule has 0 aromatic carbocycles. The van der Waals surface area contributed by atoms with E-state index in [2.05, 4.69) is 25.3 Å². The van der Waals surface area contributed by atoms with Gasteiger partial charge < -0.3 is 15.8 Å². The van der Waals surface area contributed by atoms with Crippen molar-refractivity contribution in [2.75, 3.05) is 26.2 Å². The fourth-order valence-corrected chi connectivity index (χ4v) is 1.62. The van der Waals surface area contributed by atoms with Crippen LogP contribution in [0.5, 0.6) is 0 Å². The molecule has 0 bridgehead atoms. The summed E-state index contributed by atoms with van der Waals surface area (Å²) in [4.78, 5) is 13.3. The summed E-state index contributed by atoms with van der Waals surface area (Å²) in [6, 6.07) is 0. The lowest BCUT2D eigenvalue weighted by atomic mass is 10.2. The summed E-state index contributed by atoms with van der Waals surface area (Å²) < 4.78 is 4.97. The Kier molecular flexibility index (Phi) is 15.4. The third-order valence-corrected chi connectivity index (χ3v) is 2.69. The maximum atomic E-state index is 10.8. The monoisotopic (exact) mass is 258 g/mol. The van der Waals surface area contributed by atoms with Crippen LogP contribution in [0.4, 0.5) is 0 Å². The van der Waals surface area contributed by atoms with Crippen LogP contribution < -0.4 is 6.15 Å². The minimum atomic E-state index is -0.321. The molecule has 0 atom stereocenters. The van der Waals surface area contributed by atoms with Gasteiger partial charge in [0.15, 0.2) is 0 Å². The molecule has 0 radical (unpaired) electrons. The van der Waals surface area contributed by atoms with Crippen LogP contribution in [0.15, 0.2) is 12.7 Å². The molecule has 0 aromatic rings. The van der Waals surface area contributed by atoms with Crippen molar-refractivity contribution in [3.05, 3.63) is 12.7 Å². The maximum absolute atomic E-state index is 10.8. The summed E-state index contributed by atoms with van der Waals surface area (Å²) in [6.07, 6.45) is 7.08. The molecular weight excluding hydrogens is 228 g/mol. The number of unbranched alkanes of at least 4 members (excludes halogenated alkanes) is 2. The highest BCUT2D eigenvalue weighted by Gasteiger charge is 2.04. The molecule has 0 heterocycles. The molecule has 0 aliphatic carbocycles. The third kappa shape index (κ3) is 11.6. The molecule has 18 heavy (non-hydrogen) atoms. The second-order valence-corrected chi connectivity index (χ2v) is 4.27. The summed E-state index contributed by atoms with van der Waals surface area (Å²) in [5, 5.41) is 0. The molecule has 0 aliphatic rings. The summed E-state index contributed by atoms with van der Waals surface area (Å²) in [6.45, 7) is 11.6. The molecule has 3 N–H and O–H groups in total. The topological polar surface area (TPSA) is 64.5 Å². The number of carbonyl (C=O) groups is 1. The van der Waals surface area contributed by atoms with Gasteiger partial charge in [0.2, 0.25) is 0 Å². The second kappa shape index (κ2) is 14.2. The largest absolute Gasteiger partial charge is 0.462 e. The van der Waals surface area contributed by atoms with Crippen molar-refractivity contribution in [3.8, 4) is 0 Å². The number of rotatable bonds is 11. The molecular formula is C14H30N2O2. The predicted molar refractivity (Wildman–Crippen MR) is 77.1 cm³/mol. The molecule has 4 heteroatoms. The Hall–Kier alpha value is -0.870. The average molecular weight is 258 g/mol. The summed E-state index contributed by atoms with van der Waals surface area (Å²) >= 11 is 0. The van der Waals surface area contributed by atoms with Gasteiger partial charge in [0, 0.05) is 12.6 Å². The molecule has 0 amide bonds. The predicted octanol–water partition coefficient (Wildman–Crippen LogP) is 3.17. The first-order valence-electron chi connectivity index (χ1n) is 6.76. The van der Waals surface area contributed by atoms with Crippen LogP contribution in [0.1, 0.15) is 46.0 Å². The second-order valence-electron chi connectivity index (χ2n) is 4.27. The van der Waals surface area contributed by atoms with Gasteiger partial charge in [-0.1, -0.05) is 33.3 Å².